The summed E-state index contributed by atoms with van der Waals surface area (Å²) in [5, 5.41) is -0.0153. The SMILES string of the molecule is O=c1[nH]cc(Cl)c(=O)n1-c1ccccc1. The van der Waals surface area contributed by atoms with Crippen molar-refractivity contribution < 1.29 is 0 Å². The third-order valence-electron chi connectivity index (χ3n) is 1.95. The molecular weight excluding hydrogens is 216 g/mol. The first-order valence-electron chi connectivity index (χ1n) is 4.26. The third-order valence-corrected chi connectivity index (χ3v) is 2.22. The van der Waals surface area contributed by atoms with E-state index in [4.69, 9.17) is 11.6 Å². The summed E-state index contributed by atoms with van der Waals surface area (Å²) in [7, 11) is 0. The molecule has 0 saturated carbocycles. The largest absolute Gasteiger partial charge is 0.333 e. The minimum Gasteiger partial charge on any atom is -0.312 e. The monoisotopic (exact) mass is 222 g/mol. The van der Waals surface area contributed by atoms with E-state index in [1.807, 2.05) is 0 Å². The average molecular weight is 223 g/mol. The smallest absolute Gasteiger partial charge is 0.312 e. The number of benzene rings is 1. The molecule has 76 valence electrons. The Kier molecular flexibility index (Phi) is 2.43. The van der Waals surface area contributed by atoms with Crippen LogP contribution in [0.4, 0.5) is 0 Å². The maximum absolute atomic E-state index is 11.6. The molecule has 1 N–H and O–H groups in total. The molecule has 4 nitrogen and oxygen atoms in total. The van der Waals surface area contributed by atoms with E-state index in [0.717, 1.165) is 4.57 Å². The van der Waals surface area contributed by atoms with E-state index in [1.165, 1.54) is 6.20 Å². The Morgan fingerprint density at radius 1 is 1.13 bits per heavy atom. The average Bonchev–Trinajstić information content (AvgIpc) is 2.26. The summed E-state index contributed by atoms with van der Waals surface area (Å²) in [6.45, 7) is 0. The van der Waals surface area contributed by atoms with E-state index in [2.05, 4.69) is 4.98 Å². The molecule has 0 spiro atoms. The fourth-order valence-electron chi connectivity index (χ4n) is 1.26. The van der Waals surface area contributed by atoms with Gasteiger partial charge in [-0.1, -0.05) is 29.8 Å². The third kappa shape index (κ3) is 1.71. The molecule has 1 heterocycles. The van der Waals surface area contributed by atoms with Gasteiger partial charge >= 0.3 is 5.69 Å². The summed E-state index contributed by atoms with van der Waals surface area (Å²) in [4.78, 5) is 25.4. The van der Waals surface area contributed by atoms with Crippen LogP contribution < -0.4 is 11.2 Å². The highest BCUT2D eigenvalue weighted by atomic mass is 35.5. The summed E-state index contributed by atoms with van der Waals surface area (Å²) < 4.78 is 0.988. The van der Waals surface area contributed by atoms with E-state index >= 15 is 0 Å². The zero-order chi connectivity index (χ0) is 10.8. The fraction of sp³-hybridized carbons (Fsp3) is 0. The van der Waals surface area contributed by atoms with Crippen molar-refractivity contribution in [2.75, 3.05) is 0 Å². The molecule has 0 radical (unpaired) electrons. The quantitative estimate of drug-likeness (QED) is 0.788. The second-order valence-electron chi connectivity index (χ2n) is 2.92. The lowest BCUT2D eigenvalue weighted by atomic mass is 10.3. The highest BCUT2D eigenvalue weighted by Gasteiger charge is 2.06. The lowest BCUT2D eigenvalue weighted by Crippen LogP contribution is -2.33. The maximum Gasteiger partial charge on any atom is 0.333 e. The lowest BCUT2D eigenvalue weighted by Gasteiger charge is -2.03. The Morgan fingerprint density at radius 2 is 1.80 bits per heavy atom. The van der Waals surface area contributed by atoms with E-state index in [0.29, 0.717) is 5.69 Å². The molecule has 0 aliphatic carbocycles. The standard InChI is InChI=1S/C10H7ClN2O2/c11-8-6-12-10(15)13(9(8)14)7-4-2-1-3-5-7/h1-6H,(H,12,15). The summed E-state index contributed by atoms with van der Waals surface area (Å²) >= 11 is 5.63. The van der Waals surface area contributed by atoms with E-state index in [9.17, 15) is 9.59 Å². The van der Waals surface area contributed by atoms with Gasteiger partial charge in [-0.3, -0.25) is 4.79 Å². The zero-order valence-electron chi connectivity index (χ0n) is 7.61. The molecule has 0 amide bonds. The second kappa shape index (κ2) is 3.74. The first-order valence-corrected chi connectivity index (χ1v) is 4.63. The summed E-state index contributed by atoms with van der Waals surface area (Å²) in [5.74, 6) is 0. The van der Waals surface area contributed by atoms with Crippen LogP contribution in [0, 0.1) is 0 Å². The van der Waals surface area contributed by atoms with Gasteiger partial charge < -0.3 is 4.98 Å². The van der Waals surface area contributed by atoms with Crippen LogP contribution >= 0.6 is 11.6 Å². The van der Waals surface area contributed by atoms with Gasteiger partial charge in [-0.15, -0.1) is 0 Å². The molecule has 0 atom stereocenters. The van der Waals surface area contributed by atoms with Gasteiger partial charge in [0.2, 0.25) is 0 Å². The van der Waals surface area contributed by atoms with Crippen molar-refractivity contribution in [3.63, 3.8) is 0 Å². The van der Waals surface area contributed by atoms with Crippen LogP contribution in [0.5, 0.6) is 0 Å². The number of nitrogens with one attached hydrogen (secondary N) is 1. The Bertz CT molecular complexity index is 586. The predicted molar refractivity (Wildman–Crippen MR) is 57.7 cm³/mol. The molecule has 1 aromatic heterocycles. The van der Waals surface area contributed by atoms with Crippen LogP contribution in [-0.2, 0) is 0 Å². The van der Waals surface area contributed by atoms with Crippen molar-refractivity contribution in [3.8, 4) is 5.69 Å². The second-order valence-corrected chi connectivity index (χ2v) is 3.33. The number of nitrogens with zero attached hydrogens (tertiary/aromatic N) is 1. The summed E-state index contributed by atoms with van der Waals surface area (Å²) in [5.41, 5.74) is -0.534. The van der Waals surface area contributed by atoms with Crippen molar-refractivity contribution in [2.24, 2.45) is 0 Å². The summed E-state index contributed by atoms with van der Waals surface area (Å²) in [6.07, 6.45) is 1.19. The maximum atomic E-state index is 11.6. The number of aromatic amines is 1. The van der Waals surface area contributed by atoms with Gasteiger partial charge in [0.1, 0.15) is 5.02 Å². The van der Waals surface area contributed by atoms with Gasteiger partial charge in [-0.2, -0.15) is 0 Å². The number of para-hydroxylation sites is 1. The lowest BCUT2D eigenvalue weighted by molar-refractivity contribution is 0.876. The first kappa shape index (κ1) is 9.73. The normalized spacial score (nSPS) is 10.2. The minimum atomic E-state index is -0.522. The van der Waals surface area contributed by atoms with Crippen LogP contribution in [-0.4, -0.2) is 9.55 Å². The van der Waals surface area contributed by atoms with E-state index in [-0.39, 0.29) is 5.02 Å². The fourth-order valence-corrected chi connectivity index (χ4v) is 1.40. The van der Waals surface area contributed by atoms with Crippen LogP contribution in [0.25, 0.3) is 5.69 Å². The van der Waals surface area contributed by atoms with Gasteiger partial charge in [-0.25, -0.2) is 9.36 Å². The molecule has 5 heteroatoms. The Hall–Kier alpha value is -1.81. The Balaban J connectivity index is 2.80. The van der Waals surface area contributed by atoms with Crippen molar-refractivity contribution in [3.05, 3.63) is 62.4 Å². The summed E-state index contributed by atoms with van der Waals surface area (Å²) in [6, 6.07) is 8.59. The molecule has 0 aliphatic rings. The molecule has 1 aromatic carbocycles. The minimum absolute atomic E-state index is 0.0153. The molecule has 0 fully saturated rings. The number of H-pyrrole nitrogens is 1. The van der Waals surface area contributed by atoms with Gasteiger partial charge in [-0.05, 0) is 12.1 Å². The van der Waals surface area contributed by atoms with E-state index < -0.39 is 11.2 Å². The van der Waals surface area contributed by atoms with Gasteiger partial charge in [0.05, 0.1) is 5.69 Å². The van der Waals surface area contributed by atoms with Gasteiger partial charge in [0.15, 0.2) is 0 Å². The molecule has 2 rings (SSSR count). The number of hydrogen-bond donors (Lipinski definition) is 1. The number of rotatable bonds is 1. The topological polar surface area (TPSA) is 54.9 Å². The van der Waals surface area contributed by atoms with Crippen LogP contribution in [0.15, 0.2) is 46.1 Å². The molecule has 0 aliphatic heterocycles. The molecular formula is C10H7ClN2O2. The van der Waals surface area contributed by atoms with Gasteiger partial charge in [0, 0.05) is 6.20 Å². The van der Waals surface area contributed by atoms with E-state index in [1.54, 1.807) is 30.3 Å². The number of aromatic nitrogens is 2. The highest BCUT2D eigenvalue weighted by Crippen LogP contribution is 2.02. The van der Waals surface area contributed by atoms with Crippen LogP contribution in [0.1, 0.15) is 0 Å². The number of halogens is 1. The zero-order valence-corrected chi connectivity index (χ0v) is 8.36. The number of hydrogen-bond acceptors (Lipinski definition) is 2. The molecule has 2 aromatic rings. The Morgan fingerprint density at radius 3 is 2.47 bits per heavy atom. The molecule has 0 saturated heterocycles. The van der Waals surface area contributed by atoms with Crippen molar-refractivity contribution >= 4 is 11.6 Å². The Labute approximate surface area is 89.8 Å². The van der Waals surface area contributed by atoms with Crippen LogP contribution in [0.2, 0.25) is 5.02 Å². The molecule has 0 bridgehead atoms. The molecule has 0 unspecified atom stereocenters. The van der Waals surface area contributed by atoms with Crippen molar-refractivity contribution in [1.29, 1.82) is 0 Å². The predicted octanol–water partition coefficient (Wildman–Crippen LogP) is 1.18. The highest BCUT2D eigenvalue weighted by molar-refractivity contribution is 6.30. The van der Waals surface area contributed by atoms with Crippen LogP contribution in [0.3, 0.4) is 0 Å². The van der Waals surface area contributed by atoms with Crippen molar-refractivity contribution in [1.82, 2.24) is 9.55 Å². The van der Waals surface area contributed by atoms with Gasteiger partial charge in [0.25, 0.3) is 5.56 Å². The van der Waals surface area contributed by atoms with Crippen molar-refractivity contribution in [2.45, 2.75) is 0 Å². The molecule has 15 heavy (non-hydrogen) atoms. The first-order chi connectivity index (χ1) is 7.20.